The van der Waals surface area contributed by atoms with Gasteiger partial charge in [0.05, 0.1) is 33.3 Å². The van der Waals surface area contributed by atoms with Gasteiger partial charge in [-0.1, -0.05) is 6.07 Å². The highest BCUT2D eigenvalue weighted by Gasteiger charge is 2.22. The first-order chi connectivity index (χ1) is 11.6. The number of aryl methyl sites for hydroxylation is 1. The molecule has 1 fully saturated rings. The molecule has 0 atom stereocenters. The lowest BCUT2D eigenvalue weighted by molar-refractivity contribution is -0.892. The molecule has 2 heterocycles. The summed E-state index contributed by atoms with van der Waals surface area (Å²) in [6, 6.07) is 8.13. The van der Waals surface area contributed by atoms with Crippen LogP contribution < -0.4 is 19.9 Å². The number of nitrogens with zero attached hydrogens (tertiary/aromatic N) is 2. The first-order valence-electron chi connectivity index (χ1n) is 8.09. The normalized spacial score (nSPS) is 15.3. The average Bonchev–Trinajstić information content (AvgIpc) is 3.00. The molecule has 1 aromatic heterocycles. The van der Waals surface area contributed by atoms with E-state index in [0.717, 1.165) is 36.8 Å². The molecule has 0 aliphatic carbocycles. The van der Waals surface area contributed by atoms with Crippen molar-refractivity contribution in [2.45, 2.75) is 6.92 Å². The van der Waals surface area contributed by atoms with Gasteiger partial charge in [0.1, 0.15) is 5.75 Å². The Hall–Kier alpha value is -2.12. The van der Waals surface area contributed by atoms with E-state index >= 15 is 0 Å². The van der Waals surface area contributed by atoms with Crippen molar-refractivity contribution in [3.05, 3.63) is 35.3 Å². The van der Waals surface area contributed by atoms with Crippen LogP contribution in [0.4, 0.5) is 10.8 Å². The number of carbonyl (C=O) groups is 1. The van der Waals surface area contributed by atoms with E-state index in [-0.39, 0.29) is 5.91 Å². The van der Waals surface area contributed by atoms with Gasteiger partial charge >= 0.3 is 0 Å². The summed E-state index contributed by atoms with van der Waals surface area (Å²) in [5, 5.41) is 3.57. The summed E-state index contributed by atoms with van der Waals surface area (Å²) in [6.07, 6.45) is 1.78. The molecule has 1 aromatic carbocycles. The highest BCUT2D eigenvalue weighted by atomic mass is 32.1. The zero-order valence-corrected chi connectivity index (χ0v) is 14.9. The molecule has 2 aromatic rings. The Balaban J connectivity index is 1.48. The summed E-state index contributed by atoms with van der Waals surface area (Å²) in [6.45, 7) is 6.24. The molecule has 1 aliphatic heterocycles. The summed E-state index contributed by atoms with van der Waals surface area (Å²) >= 11 is 1.51. The van der Waals surface area contributed by atoms with Crippen LogP contribution in [0.25, 0.3) is 0 Å². The number of amides is 1. The molecule has 0 bridgehead atoms. The van der Waals surface area contributed by atoms with Gasteiger partial charge in [-0.3, -0.25) is 10.1 Å². The molecule has 2 N–H and O–H groups in total. The van der Waals surface area contributed by atoms with Crippen molar-refractivity contribution < 1.29 is 14.4 Å². The fraction of sp³-hybridized carbons (Fsp3) is 0.412. The number of benzene rings is 1. The molecule has 3 rings (SSSR count). The third-order valence-electron chi connectivity index (χ3n) is 4.17. The second kappa shape index (κ2) is 7.63. The van der Waals surface area contributed by atoms with Crippen molar-refractivity contribution in [1.82, 2.24) is 4.98 Å². The largest absolute Gasteiger partial charge is 0.497 e. The zero-order chi connectivity index (χ0) is 16.9. The van der Waals surface area contributed by atoms with Crippen molar-refractivity contribution in [1.29, 1.82) is 0 Å². The number of quaternary nitrogens is 1. The van der Waals surface area contributed by atoms with Crippen LogP contribution in [0.3, 0.4) is 0 Å². The van der Waals surface area contributed by atoms with E-state index in [0.29, 0.717) is 11.7 Å². The minimum absolute atomic E-state index is 0.0363. The molecule has 24 heavy (non-hydrogen) atoms. The van der Waals surface area contributed by atoms with Crippen LogP contribution in [-0.2, 0) is 4.79 Å². The standard InChI is InChI=1S/C17H22N4O2S/c1-13-11-18-17(24-13)19-16(22)12-20-6-8-21(9-7-20)14-4-3-5-15(10-14)23-2/h3-5,10-11H,6-9,12H2,1-2H3,(H,18,19,22)/p+1. The SMILES string of the molecule is COc1cccc(N2CC[NH+](CC(=O)Nc3ncc(C)s3)CC2)c1. The fourth-order valence-electron chi connectivity index (χ4n) is 2.87. The van der Waals surface area contributed by atoms with Crippen molar-refractivity contribution in [3.63, 3.8) is 0 Å². The van der Waals surface area contributed by atoms with Crippen LogP contribution in [0.5, 0.6) is 5.75 Å². The van der Waals surface area contributed by atoms with E-state index < -0.39 is 0 Å². The monoisotopic (exact) mass is 347 g/mol. The number of ether oxygens (including phenoxy) is 1. The van der Waals surface area contributed by atoms with Gasteiger partial charge in [-0.2, -0.15) is 0 Å². The van der Waals surface area contributed by atoms with E-state index in [1.54, 1.807) is 13.3 Å². The minimum Gasteiger partial charge on any atom is -0.497 e. The number of aromatic nitrogens is 1. The fourth-order valence-corrected chi connectivity index (χ4v) is 3.55. The van der Waals surface area contributed by atoms with Gasteiger partial charge in [0, 0.05) is 22.8 Å². The van der Waals surface area contributed by atoms with Gasteiger partial charge in [0.2, 0.25) is 0 Å². The number of rotatable bonds is 5. The van der Waals surface area contributed by atoms with Crippen LogP contribution in [0.2, 0.25) is 0 Å². The molecule has 0 unspecified atom stereocenters. The molecule has 128 valence electrons. The Morgan fingerprint density at radius 1 is 1.42 bits per heavy atom. The van der Waals surface area contributed by atoms with Gasteiger partial charge in [-0.15, -0.1) is 11.3 Å². The molecule has 0 spiro atoms. The van der Waals surface area contributed by atoms with Gasteiger partial charge in [0.15, 0.2) is 11.7 Å². The van der Waals surface area contributed by atoms with Gasteiger partial charge in [0.25, 0.3) is 5.91 Å². The zero-order valence-electron chi connectivity index (χ0n) is 14.0. The quantitative estimate of drug-likeness (QED) is 0.840. The third kappa shape index (κ3) is 4.24. The Bertz CT molecular complexity index is 695. The molecule has 1 aliphatic rings. The molecule has 6 nitrogen and oxygen atoms in total. The lowest BCUT2D eigenvalue weighted by atomic mass is 10.2. The predicted octanol–water partition coefficient (Wildman–Crippen LogP) is 0.804. The number of thiazole rings is 1. The maximum atomic E-state index is 12.1. The highest BCUT2D eigenvalue weighted by Crippen LogP contribution is 2.20. The highest BCUT2D eigenvalue weighted by molar-refractivity contribution is 7.15. The van der Waals surface area contributed by atoms with E-state index in [9.17, 15) is 4.79 Å². The van der Waals surface area contributed by atoms with Crippen LogP contribution in [0, 0.1) is 6.92 Å². The molecule has 0 radical (unpaired) electrons. The number of methoxy groups -OCH3 is 1. The number of piperazine rings is 1. The van der Waals surface area contributed by atoms with Gasteiger partial charge < -0.3 is 14.5 Å². The molecular formula is C17H23N4O2S+. The van der Waals surface area contributed by atoms with Crippen LogP contribution in [0.1, 0.15) is 4.88 Å². The van der Waals surface area contributed by atoms with Crippen molar-refractivity contribution >= 4 is 28.1 Å². The average molecular weight is 347 g/mol. The molecule has 1 saturated heterocycles. The van der Waals surface area contributed by atoms with E-state index in [2.05, 4.69) is 27.3 Å². The third-order valence-corrected chi connectivity index (χ3v) is 5.00. The number of anilines is 2. The maximum absolute atomic E-state index is 12.1. The summed E-state index contributed by atoms with van der Waals surface area (Å²) in [4.78, 5) is 21.1. The maximum Gasteiger partial charge on any atom is 0.281 e. The van der Waals surface area contributed by atoms with Crippen molar-refractivity contribution in [2.75, 3.05) is 50.1 Å². The summed E-state index contributed by atoms with van der Waals surface area (Å²) < 4.78 is 5.29. The number of hydrogen-bond donors (Lipinski definition) is 2. The molecule has 7 heteroatoms. The van der Waals surface area contributed by atoms with Crippen molar-refractivity contribution in [3.8, 4) is 5.75 Å². The van der Waals surface area contributed by atoms with E-state index in [4.69, 9.17) is 4.74 Å². The van der Waals surface area contributed by atoms with E-state index in [1.807, 2.05) is 19.1 Å². The number of hydrogen-bond acceptors (Lipinski definition) is 5. The molecular weight excluding hydrogens is 324 g/mol. The summed E-state index contributed by atoms with van der Waals surface area (Å²) in [5.41, 5.74) is 1.18. The Morgan fingerprint density at radius 3 is 2.88 bits per heavy atom. The summed E-state index contributed by atoms with van der Waals surface area (Å²) in [5.74, 6) is 0.912. The van der Waals surface area contributed by atoms with Gasteiger partial charge in [-0.25, -0.2) is 4.98 Å². The Morgan fingerprint density at radius 2 is 2.21 bits per heavy atom. The summed E-state index contributed by atoms with van der Waals surface area (Å²) in [7, 11) is 1.68. The minimum atomic E-state index is 0.0363. The Labute approximate surface area is 146 Å². The number of carbonyl (C=O) groups excluding carboxylic acids is 1. The lowest BCUT2D eigenvalue weighted by Crippen LogP contribution is -3.15. The number of nitrogens with one attached hydrogen (secondary N) is 2. The first kappa shape index (κ1) is 16.7. The van der Waals surface area contributed by atoms with Crippen LogP contribution >= 0.6 is 11.3 Å². The second-order valence-electron chi connectivity index (χ2n) is 5.94. The molecule has 1 amide bonds. The Kier molecular flexibility index (Phi) is 5.32. The predicted molar refractivity (Wildman–Crippen MR) is 96.3 cm³/mol. The van der Waals surface area contributed by atoms with Crippen molar-refractivity contribution in [2.24, 2.45) is 0 Å². The first-order valence-corrected chi connectivity index (χ1v) is 8.90. The van der Waals surface area contributed by atoms with E-state index in [1.165, 1.54) is 21.9 Å². The second-order valence-corrected chi connectivity index (χ2v) is 7.17. The van der Waals surface area contributed by atoms with Crippen LogP contribution in [-0.4, -0.2) is 50.7 Å². The lowest BCUT2D eigenvalue weighted by Gasteiger charge is -2.33. The molecule has 0 saturated carbocycles. The topological polar surface area (TPSA) is 58.9 Å². The smallest absolute Gasteiger partial charge is 0.281 e. The van der Waals surface area contributed by atoms with Gasteiger partial charge in [-0.05, 0) is 19.1 Å². The van der Waals surface area contributed by atoms with Crippen LogP contribution in [0.15, 0.2) is 30.5 Å².